The lowest BCUT2D eigenvalue weighted by Gasteiger charge is -2.12. The van der Waals surface area contributed by atoms with Crippen molar-refractivity contribution in [1.29, 1.82) is 0 Å². The highest BCUT2D eigenvalue weighted by molar-refractivity contribution is 6.36. The molecule has 3 aromatic rings. The number of benzene rings is 1. The monoisotopic (exact) mass is 434 g/mol. The number of carbonyl (C=O) groups is 1. The number of amides is 2. The second-order valence-electron chi connectivity index (χ2n) is 6.15. The van der Waals surface area contributed by atoms with E-state index in [1.165, 1.54) is 30.6 Å². The maximum absolute atomic E-state index is 14.5. The van der Waals surface area contributed by atoms with E-state index < -0.39 is 23.4 Å². The van der Waals surface area contributed by atoms with Crippen LogP contribution in [0.1, 0.15) is 6.92 Å². The summed E-state index contributed by atoms with van der Waals surface area (Å²) in [5.74, 6) is -2.63. The molecule has 8 nitrogen and oxygen atoms in total. The van der Waals surface area contributed by atoms with E-state index in [-0.39, 0.29) is 22.3 Å². The quantitative estimate of drug-likeness (QED) is 0.386. The number of nitrogens with two attached hydrogens (primary N) is 2. The Hall–Kier alpha value is -3.79. The molecule has 156 valence electrons. The number of nitrogens with one attached hydrogen (secondary N) is 3. The van der Waals surface area contributed by atoms with E-state index in [1.807, 2.05) is 0 Å². The van der Waals surface area contributed by atoms with Crippen LogP contribution in [0, 0.1) is 11.6 Å². The van der Waals surface area contributed by atoms with Crippen LogP contribution in [0.25, 0.3) is 11.0 Å². The number of fused-ring (bicyclic) bond motifs is 1. The van der Waals surface area contributed by atoms with Crippen LogP contribution in [0.4, 0.5) is 19.3 Å². The number of nitrogens with zero attached hydrogens (tertiary/aromatic N) is 1. The first-order valence-electron chi connectivity index (χ1n) is 8.50. The SMILES string of the molecule is C/C(N)=C/C=C(\N)NC(=O)Nc1cc(F)c(Oc2ccnc3[nH]cc(Cl)c23)c(F)c1. The maximum atomic E-state index is 14.5. The second-order valence-corrected chi connectivity index (χ2v) is 6.56. The molecule has 7 N–H and O–H groups in total. The molecule has 0 radical (unpaired) electrons. The van der Waals surface area contributed by atoms with Gasteiger partial charge in [0.15, 0.2) is 17.4 Å². The Morgan fingerprint density at radius 3 is 2.63 bits per heavy atom. The molecule has 3 rings (SSSR count). The predicted molar refractivity (Wildman–Crippen MR) is 110 cm³/mol. The van der Waals surface area contributed by atoms with E-state index in [2.05, 4.69) is 20.6 Å². The van der Waals surface area contributed by atoms with Gasteiger partial charge in [-0.05, 0) is 25.1 Å². The summed E-state index contributed by atoms with van der Waals surface area (Å²) in [6, 6.07) is 2.43. The zero-order valence-electron chi connectivity index (χ0n) is 15.6. The number of anilines is 1. The third-order valence-electron chi connectivity index (χ3n) is 3.74. The van der Waals surface area contributed by atoms with Gasteiger partial charge in [0.1, 0.15) is 17.2 Å². The number of aromatic amines is 1. The smallest absolute Gasteiger partial charge is 0.324 e. The van der Waals surface area contributed by atoms with Gasteiger partial charge in [-0.1, -0.05) is 11.6 Å². The van der Waals surface area contributed by atoms with Gasteiger partial charge >= 0.3 is 6.03 Å². The van der Waals surface area contributed by atoms with Gasteiger partial charge in [-0.2, -0.15) is 0 Å². The largest absolute Gasteiger partial charge is 0.450 e. The molecule has 11 heteroatoms. The van der Waals surface area contributed by atoms with E-state index in [0.717, 1.165) is 12.1 Å². The molecule has 0 aliphatic rings. The van der Waals surface area contributed by atoms with E-state index >= 15 is 0 Å². The summed E-state index contributed by atoms with van der Waals surface area (Å²) in [7, 11) is 0. The van der Waals surface area contributed by atoms with Crippen LogP contribution in [0.5, 0.6) is 11.5 Å². The van der Waals surface area contributed by atoms with Crippen molar-refractivity contribution >= 4 is 34.4 Å². The van der Waals surface area contributed by atoms with Crippen LogP contribution in [0.2, 0.25) is 5.02 Å². The first-order chi connectivity index (χ1) is 14.2. The lowest BCUT2D eigenvalue weighted by molar-refractivity contribution is 0.254. The minimum atomic E-state index is -1.04. The number of aromatic nitrogens is 2. The fourth-order valence-corrected chi connectivity index (χ4v) is 2.71. The molecule has 0 bridgehead atoms. The number of H-pyrrole nitrogens is 1. The van der Waals surface area contributed by atoms with E-state index in [4.69, 9.17) is 27.8 Å². The Bertz CT molecular complexity index is 1150. The standard InChI is InChI=1S/C19H17ClF2N6O2/c1-9(23)2-3-15(24)28-19(29)27-10-6-12(21)17(13(22)7-10)30-14-4-5-25-18-16(14)11(20)8-26-18/h2-8H,23-24H2,1H3,(H,25,26)(H2,27,28,29)/b9-2-,15-3+. The zero-order valence-corrected chi connectivity index (χ0v) is 16.3. The number of pyridine rings is 1. The van der Waals surface area contributed by atoms with Gasteiger partial charge in [0.2, 0.25) is 0 Å². The van der Waals surface area contributed by atoms with Gasteiger partial charge in [-0.3, -0.25) is 5.32 Å². The van der Waals surface area contributed by atoms with Crippen molar-refractivity contribution in [2.24, 2.45) is 11.5 Å². The lowest BCUT2D eigenvalue weighted by atomic mass is 10.2. The molecule has 30 heavy (non-hydrogen) atoms. The molecule has 2 amide bonds. The number of halogens is 3. The van der Waals surface area contributed by atoms with E-state index in [0.29, 0.717) is 16.7 Å². The van der Waals surface area contributed by atoms with Crippen LogP contribution in [-0.4, -0.2) is 16.0 Å². The van der Waals surface area contributed by atoms with E-state index in [1.54, 1.807) is 6.92 Å². The molecule has 0 spiro atoms. The van der Waals surface area contributed by atoms with Crippen molar-refractivity contribution < 1.29 is 18.3 Å². The molecule has 0 fully saturated rings. The fourth-order valence-electron chi connectivity index (χ4n) is 2.47. The molecule has 0 unspecified atom stereocenters. The Morgan fingerprint density at radius 1 is 1.27 bits per heavy atom. The molecule has 1 aromatic carbocycles. The zero-order chi connectivity index (χ0) is 21.8. The number of carbonyl (C=O) groups excluding carboxylic acids is 1. The van der Waals surface area contributed by atoms with Crippen molar-refractivity contribution in [3.05, 3.63) is 70.9 Å². The fraction of sp³-hybridized carbons (Fsp3) is 0.0526. The highest BCUT2D eigenvalue weighted by atomic mass is 35.5. The number of hydrogen-bond acceptors (Lipinski definition) is 5. The van der Waals surface area contributed by atoms with Gasteiger partial charge in [-0.25, -0.2) is 18.6 Å². The average molecular weight is 435 g/mol. The second kappa shape index (κ2) is 8.70. The number of allylic oxidation sites excluding steroid dienone is 3. The number of urea groups is 1. The summed E-state index contributed by atoms with van der Waals surface area (Å²) in [5.41, 5.74) is 11.8. The molecular weight excluding hydrogens is 418 g/mol. The van der Waals surface area contributed by atoms with Crippen LogP contribution in [0.3, 0.4) is 0 Å². The summed E-state index contributed by atoms with van der Waals surface area (Å²) in [5, 5.41) is 5.23. The van der Waals surface area contributed by atoms with Crippen LogP contribution in [-0.2, 0) is 0 Å². The van der Waals surface area contributed by atoms with Crippen molar-refractivity contribution in [3.63, 3.8) is 0 Å². The Balaban J connectivity index is 1.79. The third kappa shape index (κ3) is 4.78. The number of hydrogen-bond donors (Lipinski definition) is 5. The van der Waals surface area contributed by atoms with Crippen molar-refractivity contribution in [3.8, 4) is 11.5 Å². The van der Waals surface area contributed by atoms with Gasteiger partial charge < -0.3 is 26.5 Å². The highest BCUT2D eigenvalue weighted by Crippen LogP contribution is 2.36. The van der Waals surface area contributed by atoms with Crippen molar-refractivity contribution in [2.45, 2.75) is 6.92 Å². The first-order valence-corrected chi connectivity index (χ1v) is 8.88. The molecule has 0 saturated carbocycles. The summed E-state index contributed by atoms with van der Waals surface area (Å²) in [4.78, 5) is 18.8. The van der Waals surface area contributed by atoms with Crippen molar-refractivity contribution in [1.82, 2.24) is 15.3 Å². The molecule has 2 aromatic heterocycles. The van der Waals surface area contributed by atoms with E-state index in [9.17, 15) is 13.6 Å². The van der Waals surface area contributed by atoms with Crippen LogP contribution < -0.4 is 26.8 Å². The molecule has 0 aliphatic carbocycles. The van der Waals surface area contributed by atoms with Crippen LogP contribution in [0.15, 0.2) is 54.3 Å². The predicted octanol–water partition coefficient (Wildman–Crippen LogP) is 4.07. The summed E-state index contributed by atoms with van der Waals surface area (Å²) >= 11 is 6.07. The highest BCUT2D eigenvalue weighted by Gasteiger charge is 2.18. The third-order valence-corrected chi connectivity index (χ3v) is 4.04. The minimum Gasteiger partial charge on any atom is -0.450 e. The first kappa shape index (κ1) is 20.9. The summed E-state index contributed by atoms with van der Waals surface area (Å²) in [6.07, 6.45) is 5.73. The lowest BCUT2D eigenvalue weighted by Crippen LogP contribution is -2.31. The van der Waals surface area contributed by atoms with Gasteiger partial charge in [0.05, 0.1) is 10.4 Å². The normalized spacial score (nSPS) is 12.1. The summed E-state index contributed by atoms with van der Waals surface area (Å²) < 4.78 is 34.4. The molecule has 0 saturated heterocycles. The average Bonchev–Trinajstić information content (AvgIpc) is 3.05. The topological polar surface area (TPSA) is 131 Å². The molecule has 0 atom stereocenters. The Morgan fingerprint density at radius 2 is 1.97 bits per heavy atom. The maximum Gasteiger partial charge on any atom is 0.324 e. The Labute approximate surface area is 174 Å². The Kier molecular flexibility index (Phi) is 6.07. The number of rotatable bonds is 5. The summed E-state index contributed by atoms with van der Waals surface area (Å²) in [6.45, 7) is 1.64. The van der Waals surface area contributed by atoms with Crippen molar-refractivity contribution in [2.75, 3.05) is 5.32 Å². The van der Waals surface area contributed by atoms with Crippen LogP contribution >= 0.6 is 11.6 Å². The number of ether oxygens (including phenoxy) is 1. The molecular formula is C19H17ClF2N6O2. The van der Waals surface area contributed by atoms with Gasteiger partial charge in [-0.15, -0.1) is 0 Å². The van der Waals surface area contributed by atoms with Gasteiger partial charge in [0.25, 0.3) is 0 Å². The van der Waals surface area contributed by atoms with Gasteiger partial charge in [0, 0.05) is 35.9 Å². The molecule has 0 aliphatic heterocycles. The molecule has 2 heterocycles. The minimum absolute atomic E-state index is 0.0108.